The van der Waals surface area contributed by atoms with Gasteiger partial charge in [0.05, 0.1) is 5.75 Å². The van der Waals surface area contributed by atoms with E-state index < -0.39 is 0 Å². The minimum atomic E-state index is -0.170. The number of anilines is 1. The Hall–Kier alpha value is -2.01. The number of pyridine rings is 1. The van der Waals surface area contributed by atoms with Crippen molar-refractivity contribution in [1.82, 2.24) is 4.98 Å². The fourth-order valence-corrected chi connectivity index (χ4v) is 2.50. The van der Waals surface area contributed by atoms with Crippen LogP contribution in [0.1, 0.15) is 11.1 Å². The molecule has 0 fully saturated rings. The number of carbonyl (C=O) groups excluding carboxylic acids is 1. The molecule has 20 heavy (non-hydrogen) atoms. The van der Waals surface area contributed by atoms with Gasteiger partial charge in [0.1, 0.15) is 0 Å². The zero-order chi connectivity index (χ0) is 14.4. The van der Waals surface area contributed by atoms with Crippen LogP contribution in [0.2, 0.25) is 0 Å². The Balaban J connectivity index is 1.80. The molecule has 2 rings (SSSR count). The predicted octanol–water partition coefficient (Wildman–Crippen LogP) is 2.97. The summed E-state index contributed by atoms with van der Waals surface area (Å²) in [5, 5.41) is 12.1. The lowest BCUT2D eigenvalue weighted by atomic mass is 10.2. The van der Waals surface area contributed by atoms with E-state index in [4.69, 9.17) is 0 Å². The van der Waals surface area contributed by atoms with Crippen molar-refractivity contribution in [2.75, 3.05) is 11.1 Å². The van der Waals surface area contributed by atoms with Crippen molar-refractivity contribution in [2.45, 2.75) is 12.7 Å². The Kier molecular flexibility index (Phi) is 5.01. The summed E-state index contributed by atoms with van der Waals surface area (Å²) in [6.45, 7) is 2.05. The van der Waals surface area contributed by atoms with Crippen LogP contribution in [0.5, 0.6) is 5.75 Å². The van der Waals surface area contributed by atoms with Crippen LogP contribution in [0, 0.1) is 6.92 Å². The first kappa shape index (κ1) is 14.4. The highest BCUT2D eigenvalue weighted by Crippen LogP contribution is 2.19. The molecule has 1 amide bonds. The lowest BCUT2D eigenvalue weighted by molar-refractivity contribution is -0.113. The number of amides is 1. The first-order chi connectivity index (χ1) is 9.65. The third kappa shape index (κ3) is 4.28. The van der Waals surface area contributed by atoms with Crippen molar-refractivity contribution in [3.63, 3.8) is 0 Å². The van der Waals surface area contributed by atoms with Crippen LogP contribution < -0.4 is 5.32 Å². The van der Waals surface area contributed by atoms with Crippen molar-refractivity contribution < 1.29 is 9.90 Å². The number of rotatable bonds is 5. The highest BCUT2D eigenvalue weighted by molar-refractivity contribution is 7.99. The van der Waals surface area contributed by atoms with Crippen molar-refractivity contribution in [1.29, 1.82) is 0 Å². The van der Waals surface area contributed by atoms with Crippen LogP contribution in [0.3, 0.4) is 0 Å². The Morgan fingerprint density at radius 3 is 2.95 bits per heavy atom. The fourth-order valence-electron chi connectivity index (χ4n) is 1.72. The van der Waals surface area contributed by atoms with E-state index in [9.17, 15) is 9.90 Å². The predicted molar refractivity (Wildman–Crippen MR) is 81.9 cm³/mol. The standard InChI is InChI=1S/C15H16N2O2S/c1-11-4-2-5-12(8-11)9-20-10-14(19)17-15-13(18)6-3-7-16-15/h2-8,18H,9-10H2,1H3,(H,16,17,19). The monoisotopic (exact) mass is 288 g/mol. The molecule has 0 aliphatic rings. The largest absolute Gasteiger partial charge is 0.504 e. The van der Waals surface area contributed by atoms with Crippen LogP contribution in [-0.4, -0.2) is 21.8 Å². The van der Waals surface area contributed by atoms with E-state index in [2.05, 4.69) is 16.4 Å². The van der Waals surface area contributed by atoms with Gasteiger partial charge in [-0.1, -0.05) is 29.8 Å². The molecule has 0 spiro atoms. The molecule has 1 aromatic carbocycles. The average Bonchev–Trinajstić information content (AvgIpc) is 2.41. The Labute approximate surface area is 122 Å². The van der Waals surface area contributed by atoms with Gasteiger partial charge in [0.25, 0.3) is 0 Å². The summed E-state index contributed by atoms with van der Waals surface area (Å²) in [6, 6.07) is 11.3. The summed E-state index contributed by atoms with van der Waals surface area (Å²) in [6.07, 6.45) is 1.52. The van der Waals surface area contributed by atoms with Gasteiger partial charge in [-0.15, -0.1) is 11.8 Å². The van der Waals surface area contributed by atoms with Crippen LogP contribution >= 0.6 is 11.8 Å². The molecule has 0 bridgehead atoms. The van der Waals surface area contributed by atoms with Crippen LogP contribution in [0.25, 0.3) is 0 Å². The van der Waals surface area contributed by atoms with Gasteiger partial charge in [0.15, 0.2) is 11.6 Å². The minimum absolute atomic E-state index is 0.0236. The van der Waals surface area contributed by atoms with Gasteiger partial charge in [-0.2, -0.15) is 0 Å². The lowest BCUT2D eigenvalue weighted by Gasteiger charge is -2.06. The second kappa shape index (κ2) is 6.96. The van der Waals surface area contributed by atoms with Crippen LogP contribution in [0.4, 0.5) is 5.82 Å². The zero-order valence-electron chi connectivity index (χ0n) is 11.2. The summed E-state index contributed by atoms with van der Waals surface area (Å²) < 4.78 is 0. The number of hydrogen-bond donors (Lipinski definition) is 2. The third-order valence-corrected chi connectivity index (χ3v) is 3.63. The Bertz CT molecular complexity index is 602. The van der Waals surface area contributed by atoms with Crippen LogP contribution in [-0.2, 0) is 10.5 Å². The third-order valence-electron chi connectivity index (χ3n) is 2.63. The molecule has 1 heterocycles. The topological polar surface area (TPSA) is 62.2 Å². The molecule has 0 radical (unpaired) electrons. The number of aryl methyl sites for hydroxylation is 1. The highest BCUT2D eigenvalue weighted by atomic mass is 32.2. The number of hydrogen-bond acceptors (Lipinski definition) is 4. The number of carbonyl (C=O) groups is 1. The highest BCUT2D eigenvalue weighted by Gasteiger charge is 2.07. The molecule has 0 saturated carbocycles. The van der Waals surface area contributed by atoms with E-state index in [0.29, 0.717) is 5.75 Å². The van der Waals surface area contributed by atoms with Gasteiger partial charge in [0, 0.05) is 11.9 Å². The first-order valence-electron chi connectivity index (χ1n) is 6.22. The van der Waals surface area contributed by atoms with Crippen LogP contribution in [0.15, 0.2) is 42.6 Å². The van der Waals surface area contributed by atoms with Crippen molar-refractivity contribution in [3.05, 3.63) is 53.7 Å². The van der Waals surface area contributed by atoms with Gasteiger partial charge < -0.3 is 10.4 Å². The van der Waals surface area contributed by atoms with E-state index in [1.807, 2.05) is 25.1 Å². The molecule has 104 valence electrons. The molecule has 0 saturated heterocycles. The average molecular weight is 288 g/mol. The van der Waals surface area contributed by atoms with Crippen molar-refractivity contribution in [3.8, 4) is 5.75 Å². The van der Waals surface area contributed by atoms with E-state index >= 15 is 0 Å². The van der Waals surface area contributed by atoms with Gasteiger partial charge in [0.2, 0.25) is 5.91 Å². The molecule has 0 unspecified atom stereocenters. The molecule has 2 aromatic rings. The SMILES string of the molecule is Cc1cccc(CSCC(=O)Nc2ncccc2O)c1. The molecule has 5 heteroatoms. The lowest BCUT2D eigenvalue weighted by Crippen LogP contribution is -2.15. The summed E-state index contributed by atoms with van der Waals surface area (Å²) in [7, 11) is 0. The summed E-state index contributed by atoms with van der Waals surface area (Å²) >= 11 is 1.53. The van der Waals surface area contributed by atoms with Gasteiger partial charge in [-0.05, 0) is 24.6 Å². The Morgan fingerprint density at radius 2 is 2.20 bits per heavy atom. The maximum absolute atomic E-state index is 11.7. The molecule has 1 aromatic heterocycles. The molecule has 0 aliphatic carbocycles. The van der Waals surface area contributed by atoms with E-state index in [1.54, 1.807) is 6.07 Å². The van der Waals surface area contributed by atoms with Crippen molar-refractivity contribution in [2.24, 2.45) is 0 Å². The molecule has 2 N–H and O–H groups in total. The summed E-state index contributed by atoms with van der Waals surface area (Å²) in [5.74, 6) is 1.11. The maximum Gasteiger partial charge on any atom is 0.235 e. The van der Waals surface area contributed by atoms with Gasteiger partial charge in [-0.3, -0.25) is 4.79 Å². The smallest absolute Gasteiger partial charge is 0.235 e. The molecule has 0 atom stereocenters. The molecule has 0 aliphatic heterocycles. The fraction of sp³-hybridized carbons (Fsp3) is 0.200. The number of thioether (sulfide) groups is 1. The quantitative estimate of drug-likeness (QED) is 0.888. The number of nitrogens with zero attached hydrogens (tertiary/aromatic N) is 1. The van der Waals surface area contributed by atoms with Crippen molar-refractivity contribution >= 4 is 23.5 Å². The second-order valence-electron chi connectivity index (χ2n) is 4.40. The van der Waals surface area contributed by atoms with Gasteiger partial charge >= 0.3 is 0 Å². The molecular weight excluding hydrogens is 272 g/mol. The number of aromatic hydroxyl groups is 1. The first-order valence-corrected chi connectivity index (χ1v) is 7.38. The normalized spacial score (nSPS) is 10.2. The zero-order valence-corrected chi connectivity index (χ0v) is 12.0. The Morgan fingerprint density at radius 1 is 1.35 bits per heavy atom. The number of benzene rings is 1. The van der Waals surface area contributed by atoms with E-state index in [0.717, 1.165) is 5.75 Å². The number of nitrogens with one attached hydrogen (secondary N) is 1. The minimum Gasteiger partial charge on any atom is -0.504 e. The second-order valence-corrected chi connectivity index (χ2v) is 5.39. The summed E-state index contributed by atoms with van der Waals surface area (Å²) in [4.78, 5) is 15.6. The van der Waals surface area contributed by atoms with Gasteiger partial charge in [-0.25, -0.2) is 4.98 Å². The van der Waals surface area contributed by atoms with E-state index in [1.165, 1.54) is 35.2 Å². The number of aromatic nitrogens is 1. The molecular formula is C15H16N2O2S. The maximum atomic E-state index is 11.7. The molecule has 4 nitrogen and oxygen atoms in total. The van der Waals surface area contributed by atoms with E-state index in [-0.39, 0.29) is 17.5 Å². The summed E-state index contributed by atoms with van der Waals surface area (Å²) in [5.41, 5.74) is 2.41.